The summed E-state index contributed by atoms with van der Waals surface area (Å²) in [5, 5.41) is 11.8. The lowest BCUT2D eigenvalue weighted by molar-refractivity contribution is -0.128. The van der Waals surface area contributed by atoms with Crippen molar-refractivity contribution in [1.29, 1.82) is 0 Å². The van der Waals surface area contributed by atoms with Crippen molar-refractivity contribution >= 4 is 5.78 Å². The maximum Gasteiger partial charge on any atom is 0.155 e. The van der Waals surface area contributed by atoms with E-state index in [0.717, 1.165) is 17.0 Å². The Morgan fingerprint density at radius 3 is 2.22 bits per heavy atom. The first-order valence-corrected chi connectivity index (χ1v) is 12.5. The number of carbonyl (C=O) groups excluding carboxylic acids is 1. The molecule has 1 aromatic carbocycles. The van der Waals surface area contributed by atoms with Crippen LogP contribution in [0.2, 0.25) is 0 Å². The van der Waals surface area contributed by atoms with Crippen LogP contribution < -0.4 is 10.1 Å². The maximum atomic E-state index is 13.0. The Hall–Kier alpha value is -2.33. The molecule has 0 amide bonds. The minimum absolute atomic E-state index is 0.156. The molecule has 0 radical (unpaired) electrons. The van der Waals surface area contributed by atoms with Gasteiger partial charge in [-0.3, -0.25) is 4.79 Å². The molecule has 0 spiro atoms. The number of ether oxygens (including phenoxy) is 4. The van der Waals surface area contributed by atoms with Gasteiger partial charge in [-0.25, -0.2) is 4.68 Å². The largest absolute Gasteiger partial charge is 0.487 e. The van der Waals surface area contributed by atoms with Gasteiger partial charge in [-0.15, -0.1) is 5.10 Å². The summed E-state index contributed by atoms with van der Waals surface area (Å²) in [5.74, 6) is 0.953. The molecule has 1 atom stereocenters. The molecule has 0 aliphatic rings. The van der Waals surface area contributed by atoms with Crippen LogP contribution in [-0.4, -0.2) is 72.5 Å². The second-order valence-electron chi connectivity index (χ2n) is 10.9. The molecular weight excluding hydrogens is 460 g/mol. The SMILES string of the molecule is COCCOCCOCCn1cc(COc2ccc(CC(NC(C)(C)C)C(=O)C(C)(C)C)cc2)nn1. The number of nitrogens with one attached hydrogen (secondary N) is 1. The van der Waals surface area contributed by atoms with Crippen LogP contribution in [0.4, 0.5) is 0 Å². The fraction of sp³-hybridized carbons (Fsp3) is 0.667. The zero-order valence-electron chi connectivity index (χ0n) is 23.0. The molecule has 2 aromatic rings. The Labute approximate surface area is 215 Å². The molecule has 0 bridgehead atoms. The summed E-state index contributed by atoms with van der Waals surface area (Å²) < 4.78 is 23.4. The van der Waals surface area contributed by atoms with Crippen LogP contribution in [-0.2, 0) is 38.6 Å². The summed E-state index contributed by atoms with van der Waals surface area (Å²) in [5.41, 5.74) is 1.26. The van der Waals surface area contributed by atoms with Crippen molar-refractivity contribution in [3.8, 4) is 5.75 Å². The van der Waals surface area contributed by atoms with E-state index in [1.54, 1.807) is 11.8 Å². The molecular formula is C27H44N4O5. The van der Waals surface area contributed by atoms with E-state index in [1.165, 1.54) is 0 Å². The number of benzene rings is 1. The Morgan fingerprint density at radius 1 is 0.972 bits per heavy atom. The summed E-state index contributed by atoms with van der Waals surface area (Å²) in [6.45, 7) is 15.8. The van der Waals surface area contributed by atoms with Crippen LogP contribution >= 0.6 is 0 Å². The van der Waals surface area contributed by atoms with Crippen molar-refractivity contribution in [2.45, 2.75) is 72.7 Å². The molecule has 0 fully saturated rings. The molecule has 36 heavy (non-hydrogen) atoms. The van der Waals surface area contributed by atoms with Gasteiger partial charge in [0.05, 0.1) is 51.8 Å². The minimum atomic E-state index is -0.409. The van der Waals surface area contributed by atoms with Gasteiger partial charge >= 0.3 is 0 Å². The molecule has 0 saturated heterocycles. The molecule has 1 heterocycles. The van der Waals surface area contributed by atoms with Crippen LogP contribution in [0, 0.1) is 5.41 Å². The summed E-state index contributed by atoms with van der Waals surface area (Å²) in [6.07, 6.45) is 2.48. The molecule has 1 unspecified atom stereocenters. The van der Waals surface area contributed by atoms with Crippen LogP contribution in [0.15, 0.2) is 30.5 Å². The van der Waals surface area contributed by atoms with E-state index in [9.17, 15) is 4.79 Å². The van der Waals surface area contributed by atoms with Gasteiger partial charge in [-0.1, -0.05) is 38.1 Å². The third kappa shape index (κ3) is 11.6. The predicted molar refractivity (Wildman–Crippen MR) is 139 cm³/mol. The van der Waals surface area contributed by atoms with E-state index in [2.05, 4.69) is 36.4 Å². The summed E-state index contributed by atoms with van der Waals surface area (Å²) in [6, 6.07) is 7.63. The first-order valence-electron chi connectivity index (χ1n) is 12.5. The molecule has 0 saturated carbocycles. The zero-order chi connectivity index (χ0) is 26.6. The quantitative estimate of drug-likeness (QED) is 0.347. The Balaban J connectivity index is 1.79. The van der Waals surface area contributed by atoms with Gasteiger partial charge in [-0.05, 0) is 44.9 Å². The van der Waals surface area contributed by atoms with E-state index in [4.69, 9.17) is 18.9 Å². The Kier molecular flexibility index (Phi) is 12.0. The van der Waals surface area contributed by atoms with Crippen molar-refractivity contribution < 1.29 is 23.7 Å². The van der Waals surface area contributed by atoms with Crippen LogP contribution in [0.1, 0.15) is 52.8 Å². The van der Waals surface area contributed by atoms with Gasteiger partial charge in [0, 0.05) is 18.1 Å². The van der Waals surface area contributed by atoms with Gasteiger partial charge in [0.1, 0.15) is 18.1 Å². The van der Waals surface area contributed by atoms with Crippen LogP contribution in [0.3, 0.4) is 0 Å². The number of methoxy groups -OCH3 is 1. The highest BCUT2D eigenvalue weighted by molar-refractivity contribution is 5.89. The number of carbonyl (C=O) groups is 1. The first kappa shape index (κ1) is 29.9. The van der Waals surface area contributed by atoms with Crippen molar-refractivity contribution in [2.75, 3.05) is 40.1 Å². The average molecular weight is 505 g/mol. The third-order valence-corrected chi connectivity index (χ3v) is 5.27. The van der Waals surface area contributed by atoms with Crippen molar-refractivity contribution in [3.05, 3.63) is 41.7 Å². The highest BCUT2D eigenvalue weighted by Crippen LogP contribution is 2.22. The van der Waals surface area contributed by atoms with E-state index < -0.39 is 5.41 Å². The summed E-state index contributed by atoms with van der Waals surface area (Å²) in [7, 11) is 1.65. The van der Waals surface area contributed by atoms with Crippen molar-refractivity contribution in [1.82, 2.24) is 20.3 Å². The molecule has 0 aliphatic heterocycles. The molecule has 202 valence electrons. The molecule has 9 heteroatoms. The number of hydrogen-bond acceptors (Lipinski definition) is 8. The first-order chi connectivity index (χ1) is 17.0. The van der Waals surface area contributed by atoms with Gasteiger partial charge in [-0.2, -0.15) is 0 Å². The summed E-state index contributed by atoms with van der Waals surface area (Å²) in [4.78, 5) is 13.0. The van der Waals surface area contributed by atoms with Gasteiger partial charge in [0.15, 0.2) is 5.78 Å². The lowest BCUT2D eigenvalue weighted by atomic mass is 9.83. The Morgan fingerprint density at radius 2 is 1.61 bits per heavy atom. The molecule has 1 N–H and O–H groups in total. The second kappa shape index (κ2) is 14.4. The number of rotatable bonds is 16. The third-order valence-electron chi connectivity index (χ3n) is 5.27. The van der Waals surface area contributed by atoms with Crippen molar-refractivity contribution in [3.63, 3.8) is 0 Å². The lowest BCUT2D eigenvalue weighted by Crippen LogP contribution is -2.51. The maximum absolute atomic E-state index is 13.0. The standard InChI is InChI=1S/C27H44N4O5/c1-26(2,3)25(32)24(28-27(4,5)6)18-21-8-10-23(11-9-21)36-20-22-19-31(30-29-22)12-13-34-16-17-35-15-14-33-7/h8-11,19,24,28H,12-18,20H2,1-7H3. The van der Waals surface area contributed by atoms with E-state index in [0.29, 0.717) is 52.6 Å². The second-order valence-corrected chi connectivity index (χ2v) is 10.9. The van der Waals surface area contributed by atoms with Gasteiger partial charge in [0.25, 0.3) is 0 Å². The monoisotopic (exact) mass is 504 g/mol. The molecule has 9 nitrogen and oxygen atoms in total. The number of aromatic nitrogens is 3. The van der Waals surface area contributed by atoms with E-state index in [-0.39, 0.29) is 17.4 Å². The van der Waals surface area contributed by atoms with Gasteiger partial charge < -0.3 is 24.3 Å². The average Bonchev–Trinajstić information content (AvgIpc) is 3.25. The molecule has 1 aromatic heterocycles. The van der Waals surface area contributed by atoms with Crippen LogP contribution in [0.25, 0.3) is 0 Å². The van der Waals surface area contributed by atoms with E-state index >= 15 is 0 Å². The van der Waals surface area contributed by atoms with Crippen LogP contribution in [0.5, 0.6) is 5.75 Å². The smallest absolute Gasteiger partial charge is 0.155 e. The number of ketones is 1. The Bertz CT molecular complexity index is 900. The predicted octanol–water partition coefficient (Wildman–Crippen LogP) is 3.45. The van der Waals surface area contributed by atoms with E-state index in [1.807, 2.05) is 51.2 Å². The fourth-order valence-electron chi connectivity index (χ4n) is 3.51. The fourth-order valence-corrected chi connectivity index (χ4v) is 3.51. The number of Topliss-reactive ketones (excluding diaryl/α,β-unsaturated/α-hetero) is 1. The minimum Gasteiger partial charge on any atom is -0.487 e. The zero-order valence-corrected chi connectivity index (χ0v) is 23.0. The normalized spacial score (nSPS) is 13.1. The summed E-state index contributed by atoms with van der Waals surface area (Å²) >= 11 is 0. The van der Waals surface area contributed by atoms with Gasteiger partial charge in [0.2, 0.25) is 0 Å². The molecule has 2 rings (SSSR count). The number of nitrogens with zero attached hydrogens (tertiary/aromatic N) is 3. The van der Waals surface area contributed by atoms with Crippen molar-refractivity contribution in [2.24, 2.45) is 5.41 Å². The highest BCUT2D eigenvalue weighted by atomic mass is 16.5. The molecule has 0 aliphatic carbocycles. The number of hydrogen-bond donors (Lipinski definition) is 1. The highest BCUT2D eigenvalue weighted by Gasteiger charge is 2.32. The topological polar surface area (TPSA) is 96.7 Å². The lowest BCUT2D eigenvalue weighted by Gasteiger charge is -2.32.